The van der Waals surface area contributed by atoms with Crippen LogP contribution in [0, 0.1) is 0 Å². The minimum absolute atomic E-state index is 0.0890. The quantitative estimate of drug-likeness (QED) is 0.834. The average Bonchev–Trinajstić information content (AvgIpc) is 2.61. The van der Waals surface area contributed by atoms with Crippen molar-refractivity contribution >= 4 is 5.91 Å². The van der Waals surface area contributed by atoms with Gasteiger partial charge < -0.3 is 9.64 Å². The van der Waals surface area contributed by atoms with E-state index < -0.39 is 11.7 Å². The summed E-state index contributed by atoms with van der Waals surface area (Å²) in [6.07, 6.45) is -4.37. The lowest BCUT2D eigenvalue weighted by Gasteiger charge is -2.26. The van der Waals surface area contributed by atoms with Crippen molar-refractivity contribution in [3.8, 4) is 11.1 Å². The second-order valence-electron chi connectivity index (χ2n) is 5.56. The summed E-state index contributed by atoms with van der Waals surface area (Å²) in [7, 11) is 0. The predicted octanol–water partition coefficient (Wildman–Crippen LogP) is 3.84. The number of hydrogen-bond donors (Lipinski definition) is 0. The van der Waals surface area contributed by atoms with Gasteiger partial charge in [-0.1, -0.05) is 24.3 Å². The van der Waals surface area contributed by atoms with E-state index in [1.54, 1.807) is 35.2 Å². The van der Waals surface area contributed by atoms with Crippen LogP contribution in [-0.4, -0.2) is 37.1 Å². The summed E-state index contributed by atoms with van der Waals surface area (Å²) in [6.45, 7) is 2.14. The minimum Gasteiger partial charge on any atom is -0.378 e. The van der Waals surface area contributed by atoms with Crippen LogP contribution in [0.4, 0.5) is 13.2 Å². The zero-order valence-corrected chi connectivity index (χ0v) is 12.8. The van der Waals surface area contributed by atoms with Crippen molar-refractivity contribution in [2.75, 3.05) is 26.3 Å². The summed E-state index contributed by atoms with van der Waals surface area (Å²) >= 11 is 0. The first-order valence-electron chi connectivity index (χ1n) is 7.60. The normalized spacial score (nSPS) is 15.4. The molecule has 1 aliphatic rings. The first kappa shape index (κ1) is 16.5. The van der Waals surface area contributed by atoms with Crippen LogP contribution < -0.4 is 0 Å². The number of halogens is 3. The van der Waals surface area contributed by atoms with Crippen molar-refractivity contribution in [1.82, 2.24) is 4.90 Å². The Morgan fingerprint density at radius 1 is 0.958 bits per heavy atom. The van der Waals surface area contributed by atoms with Gasteiger partial charge in [0.15, 0.2) is 0 Å². The van der Waals surface area contributed by atoms with Crippen molar-refractivity contribution in [2.45, 2.75) is 6.18 Å². The molecule has 3 nitrogen and oxygen atoms in total. The van der Waals surface area contributed by atoms with Crippen molar-refractivity contribution in [2.24, 2.45) is 0 Å². The van der Waals surface area contributed by atoms with Crippen molar-refractivity contribution < 1.29 is 22.7 Å². The molecule has 2 aromatic rings. The van der Waals surface area contributed by atoms with Crippen LogP contribution in [0.5, 0.6) is 0 Å². The van der Waals surface area contributed by atoms with Gasteiger partial charge in [-0.2, -0.15) is 13.2 Å². The molecule has 2 aromatic carbocycles. The summed E-state index contributed by atoms with van der Waals surface area (Å²) in [6, 6.07) is 11.8. The van der Waals surface area contributed by atoms with E-state index in [0.717, 1.165) is 12.1 Å². The van der Waals surface area contributed by atoms with E-state index >= 15 is 0 Å². The Kier molecular flexibility index (Phi) is 4.57. The van der Waals surface area contributed by atoms with Crippen LogP contribution >= 0.6 is 0 Å². The molecule has 1 aliphatic heterocycles. The zero-order chi connectivity index (χ0) is 17.2. The van der Waals surface area contributed by atoms with Gasteiger partial charge in [-0.25, -0.2) is 0 Å². The molecule has 0 bridgehead atoms. The van der Waals surface area contributed by atoms with E-state index in [2.05, 4.69) is 0 Å². The predicted molar refractivity (Wildman–Crippen MR) is 83.6 cm³/mol. The van der Waals surface area contributed by atoms with Gasteiger partial charge in [-0.15, -0.1) is 0 Å². The molecule has 1 amide bonds. The summed E-state index contributed by atoms with van der Waals surface area (Å²) in [4.78, 5) is 14.1. The Morgan fingerprint density at radius 2 is 1.62 bits per heavy atom. The van der Waals surface area contributed by atoms with E-state index in [9.17, 15) is 18.0 Å². The number of carbonyl (C=O) groups is 1. The molecule has 0 aromatic heterocycles. The third-order valence-corrected chi connectivity index (χ3v) is 3.95. The summed E-state index contributed by atoms with van der Waals surface area (Å²) in [5.41, 5.74) is 0.941. The largest absolute Gasteiger partial charge is 0.416 e. The molecule has 0 N–H and O–H groups in total. The number of benzene rings is 2. The Bertz CT molecular complexity index is 720. The molecular formula is C18H16F3NO2. The maximum absolute atomic E-state index is 12.8. The Hall–Kier alpha value is -2.34. The standard InChI is InChI=1S/C18H16F3NO2/c19-18(20,21)16-3-1-2-15(12-16)13-4-6-14(7-5-13)17(23)22-8-10-24-11-9-22/h1-7,12H,8-11H2. The number of hydrogen-bond acceptors (Lipinski definition) is 2. The van der Waals surface area contributed by atoms with E-state index in [1.165, 1.54) is 6.07 Å². The summed E-state index contributed by atoms with van der Waals surface area (Å²) < 4.78 is 43.6. The van der Waals surface area contributed by atoms with E-state index in [-0.39, 0.29) is 5.91 Å². The van der Waals surface area contributed by atoms with Crippen LogP contribution in [0.25, 0.3) is 11.1 Å². The fraction of sp³-hybridized carbons (Fsp3) is 0.278. The highest BCUT2D eigenvalue weighted by atomic mass is 19.4. The molecule has 0 unspecified atom stereocenters. The average molecular weight is 335 g/mol. The third kappa shape index (κ3) is 3.59. The number of ether oxygens (including phenoxy) is 1. The first-order valence-corrected chi connectivity index (χ1v) is 7.60. The molecule has 3 rings (SSSR count). The van der Waals surface area contributed by atoms with Crippen LogP contribution in [0.15, 0.2) is 48.5 Å². The lowest BCUT2D eigenvalue weighted by molar-refractivity contribution is -0.137. The molecule has 1 heterocycles. The molecule has 24 heavy (non-hydrogen) atoms. The van der Waals surface area contributed by atoms with Crippen molar-refractivity contribution in [1.29, 1.82) is 0 Å². The van der Waals surface area contributed by atoms with Crippen LogP contribution in [0.1, 0.15) is 15.9 Å². The maximum atomic E-state index is 12.8. The Morgan fingerprint density at radius 3 is 2.25 bits per heavy atom. The molecule has 0 atom stereocenters. The van der Waals surface area contributed by atoms with Crippen LogP contribution in [-0.2, 0) is 10.9 Å². The third-order valence-electron chi connectivity index (χ3n) is 3.95. The van der Waals surface area contributed by atoms with Gasteiger partial charge in [0.1, 0.15) is 0 Å². The molecule has 1 saturated heterocycles. The Labute approximate surface area is 137 Å². The number of amides is 1. The lowest BCUT2D eigenvalue weighted by Crippen LogP contribution is -2.40. The van der Waals surface area contributed by atoms with Crippen molar-refractivity contribution in [3.63, 3.8) is 0 Å². The van der Waals surface area contributed by atoms with Gasteiger partial charge in [-0.05, 0) is 35.4 Å². The monoisotopic (exact) mass is 335 g/mol. The van der Waals surface area contributed by atoms with Gasteiger partial charge in [0.2, 0.25) is 0 Å². The van der Waals surface area contributed by atoms with Gasteiger partial charge >= 0.3 is 6.18 Å². The SMILES string of the molecule is O=C(c1ccc(-c2cccc(C(F)(F)F)c2)cc1)N1CCOCC1. The van der Waals surface area contributed by atoms with E-state index in [0.29, 0.717) is 43.0 Å². The molecule has 1 fully saturated rings. The first-order chi connectivity index (χ1) is 11.4. The molecule has 0 spiro atoms. The van der Waals surface area contributed by atoms with E-state index in [4.69, 9.17) is 4.74 Å². The second kappa shape index (κ2) is 6.65. The van der Waals surface area contributed by atoms with Crippen molar-refractivity contribution in [3.05, 3.63) is 59.7 Å². The number of rotatable bonds is 2. The fourth-order valence-corrected chi connectivity index (χ4v) is 2.63. The smallest absolute Gasteiger partial charge is 0.378 e. The topological polar surface area (TPSA) is 29.5 Å². The number of nitrogens with zero attached hydrogens (tertiary/aromatic N) is 1. The number of alkyl halides is 3. The highest BCUT2D eigenvalue weighted by Gasteiger charge is 2.30. The highest BCUT2D eigenvalue weighted by Crippen LogP contribution is 2.32. The second-order valence-corrected chi connectivity index (χ2v) is 5.56. The summed E-state index contributed by atoms with van der Waals surface area (Å²) in [5.74, 6) is -0.0890. The van der Waals surface area contributed by atoms with Gasteiger partial charge in [0, 0.05) is 18.7 Å². The molecule has 126 valence electrons. The molecule has 0 radical (unpaired) electrons. The van der Waals surface area contributed by atoms with Gasteiger partial charge in [0.05, 0.1) is 18.8 Å². The van der Waals surface area contributed by atoms with Crippen LogP contribution in [0.3, 0.4) is 0 Å². The Balaban J connectivity index is 1.81. The fourth-order valence-electron chi connectivity index (χ4n) is 2.63. The summed E-state index contributed by atoms with van der Waals surface area (Å²) in [5, 5.41) is 0. The lowest BCUT2D eigenvalue weighted by atomic mass is 10.0. The molecule has 0 saturated carbocycles. The zero-order valence-electron chi connectivity index (χ0n) is 12.8. The van der Waals surface area contributed by atoms with Gasteiger partial charge in [-0.3, -0.25) is 4.79 Å². The molecule has 0 aliphatic carbocycles. The number of morpholine rings is 1. The molecular weight excluding hydrogens is 319 g/mol. The minimum atomic E-state index is -4.37. The maximum Gasteiger partial charge on any atom is 0.416 e. The van der Waals surface area contributed by atoms with E-state index in [1.807, 2.05) is 0 Å². The highest BCUT2D eigenvalue weighted by molar-refractivity contribution is 5.94. The number of carbonyl (C=O) groups excluding carboxylic acids is 1. The molecule has 6 heteroatoms. The van der Waals surface area contributed by atoms with Crippen LogP contribution in [0.2, 0.25) is 0 Å². The van der Waals surface area contributed by atoms with Gasteiger partial charge in [0.25, 0.3) is 5.91 Å².